The van der Waals surface area contributed by atoms with Crippen LogP contribution in [0.2, 0.25) is 0 Å². The summed E-state index contributed by atoms with van der Waals surface area (Å²) in [5.74, 6) is 0.422. The molecule has 0 aliphatic carbocycles. The van der Waals surface area contributed by atoms with Gasteiger partial charge in [0, 0.05) is 31.2 Å². The number of benzene rings is 1. The van der Waals surface area contributed by atoms with E-state index in [9.17, 15) is 4.79 Å². The lowest BCUT2D eigenvalue weighted by Crippen LogP contribution is -2.19. The second kappa shape index (κ2) is 7.25. The fraction of sp³-hybridized carbons (Fsp3) is 0.250. The monoisotopic (exact) mass is 366 g/mol. The zero-order chi connectivity index (χ0) is 18.8. The van der Waals surface area contributed by atoms with Crippen molar-refractivity contribution < 1.29 is 4.79 Å². The molecule has 0 spiro atoms. The number of aryl methyl sites for hydroxylation is 3. The summed E-state index contributed by atoms with van der Waals surface area (Å²) >= 11 is 1.42. The third kappa shape index (κ3) is 3.60. The number of amides is 1. The van der Waals surface area contributed by atoms with Crippen molar-refractivity contribution in [1.29, 1.82) is 0 Å². The average Bonchev–Trinajstić information content (AvgIpc) is 3.06. The number of rotatable bonds is 4. The van der Waals surface area contributed by atoms with Crippen LogP contribution in [0.1, 0.15) is 27.0 Å². The van der Waals surface area contributed by atoms with Gasteiger partial charge in [-0.15, -0.1) is 11.3 Å². The molecule has 134 valence electrons. The highest BCUT2D eigenvalue weighted by Crippen LogP contribution is 2.30. The number of nitrogens with zero attached hydrogens (tertiary/aromatic N) is 3. The Hall–Kier alpha value is -2.73. The zero-order valence-electron chi connectivity index (χ0n) is 15.6. The highest BCUT2D eigenvalue weighted by Gasteiger charge is 2.16. The van der Waals surface area contributed by atoms with Crippen molar-refractivity contribution in [2.75, 3.05) is 24.3 Å². The van der Waals surface area contributed by atoms with Crippen LogP contribution in [0, 0.1) is 20.8 Å². The summed E-state index contributed by atoms with van der Waals surface area (Å²) in [6.07, 6.45) is 1.68. The molecule has 0 saturated heterocycles. The van der Waals surface area contributed by atoms with Crippen molar-refractivity contribution in [3.8, 4) is 11.3 Å². The summed E-state index contributed by atoms with van der Waals surface area (Å²) in [5, 5.41) is 5.45. The molecule has 0 bridgehead atoms. The number of carbonyl (C=O) groups excluding carboxylic acids is 1. The summed E-state index contributed by atoms with van der Waals surface area (Å²) < 4.78 is 0. The van der Waals surface area contributed by atoms with Gasteiger partial charge in [0.25, 0.3) is 5.91 Å². The van der Waals surface area contributed by atoms with Crippen LogP contribution in [0.4, 0.5) is 10.9 Å². The van der Waals surface area contributed by atoms with Gasteiger partial charge in [0.2, 0.25) is 0 Å². The number of thiazole rings is 1. The zero-order valence-corrected chi connectivity index (χ0v) is 16.4. The molecule has 26 heavy (non-hydrogen) atoms. The Bertz CT molecular complexity index is 962. The molecule has 0 saturated carbocycles. The van der Waals surface area contributed by atoms with E-state index in [2.05, 4.69) is 48.2 Å². The molecule has 6 heteroatoms. The maximum absolute atomic E-state index is 12.6. The van der Waals surface area contributed by atoms with E-state index in [1.807, 2.05) is 24.4 Å². The van der Waals surface area contributed by atoms with Crippen LogP contribution in [0.5, 0.6) is 0 Å². The van der Waals surface area contributed by atoms with E-state index < -0.39 is 0 Å². The van der Waals surface area contributed by atoms with Crippen molar-refractivity contribution in [3.05, 3.63) is 58.1 Å². The van der Waals surface area contributed by atoms with Gasteiger partial charge in [-0.2, -0.15) is 0 Å². The van der Waals surface area contributed by atoms with E-state index >= 15 is 0 Å². The van der Waals surface area contributed by atoms with Crippen molar-refractivity contribution >= 4 is 28.2 Å². The molecule has 2 aromatic heterocycles. The van der Waals surface area contributed by atoms with E-state index in [1.165, 1.54) is 28.0 Å². The molecular formula is C20H22N4OS. The van der Waals surface area contributed by atoms with E-state index in [1.54, 1.807) is 18.3 Å². The fourth-order valence-electron chi connectivity index (χ4n) is 2.79. The smallest absolute Gasteiger partial charge is 0.261 e. The molecule has 5 nitrogen and oxygen atoms in total. The Kier molecular flexibility index (Phi) is 5.04. The molecule has 3 aromatic rings. The Morgan fingerprint density at radius 2 is 1.85 bits per heavy atom. The van der Waals surface area contributed by atoms with Gasteiger partial charge in [-0.3, -0.25) is 10.1 Å². The second-order valence-electron chi connectivity index (χ2n) is 6.51. The number of nitrogens with one attached hydrogen (secondary N) is 1. The van der Waals surface area contributed by atoms with Crippen molar-refractivity contribution in [2.45, 2.75) is 20.8 Å². The highest BCUT2D eigenvalue weighted by molar-refractivity contribution is 7.14. The molecule has 3 rings (SSSR count). The lowest BCUT2D eigenvalue weighted by atomic mass is 9.99. The number of carbonyl (C=O) groups is 1. The maximum atomic E-state index is 12.6. The lowest BCUT2D eigenvalue weighted by Gasteiger charge is -2.14. The van der Waals surface area contributed by atoms with Crippen LogP contribution in [0.15, 0.2) is 35.8 Å². The number of hydrogen-bond donors (Lipinski definition) is 1. The van der Waals surface area contributed by atoms with Gasteiger partial charge < -0.3 is 4.90 Å². The van der Waals surface area contributed by atoms with Gasteiger partial charge in [-0.05, 0) is 55.7 Å². The Labute approximate surface area is 157 Å². The van der Waals surface area contributed by atoms with E-state index in [0.29, 0.717) is 16.5 Å². The second-order valence-corrected chi connectivity index (χ2v) is 7.37. The summed E-state index contributed by atoms with van der Waals surface area (Å²) in [5.41, 5.74) is 6.18. The molecule has 0 unspecified atom stereocenters. The summed E-state index contributed by atoms with van der Waals surface area (Å²) in [4.78, 5) is 23.3. The van der Waals surface area contributed by atoms with Crippen LogP contribution in [-0.4, -0.2) is 30.0 Å². The molecule has 1 amide bonds. The molecule has 0 fully saturated rings. The quantitative estimate of drug-likeness (QED) is 0.741. The fourth-order valence-corrected chi connectivity index (χ4v) is 3.49. The maximum Gasteiger partial charge on any atom is 0.261 e. The minimum atomic E-state index is -0.209. The van der Waals surface area contributed by atoms with Gasteiger partial charge in [-0.25, -0.2) is 9.97 Å². The highest BCUT2D eigenvalue weighted by atomic mass is 32.1. The van der Waals surface area contributed by atoms with Crippen molar-refractivity contribution in [1.82, 2.24) is 9.97 Å². The van der Waals surface area contributed by atoms with E-state index in [4.69, 9.17) is 0 Å². The van der Waals surface area contributed by atoms with E-state index in [0.717, 1.165) is 11.3 Å². The molecule has 0 aliphatic heterocycles. The summed E-state index contributed by atoms with van der Waals surface area (Å²) in [6, 6.07) is 7.84. The third-order valence-electron chi connectivity index (χ3n) is 4.30. The molecular weight excluding hydrogens is 344 g/mol. The molecule has 0 aliphatic rings. The minimum absolute atomic E-state index is 0.209. The molecule has 1 N–H and O–H groups in total. The molecule has 0 atom stereocenters. The Morgan fingerprint density at radius 1 is 1.12 bits per heavy atom. The summed E-state index contributed by atoms with van der Waals surface area (Å²) in [6.45, 7) is 6.28. The van der Waals surface area contributed by atoms with Crippen molar-refractivity contribution in [3.63, 3.8) is 0 Å². The first-order chi connectivity index (χ1) is 12.4. The first-order valence-electron chi connectivity index (χ1n) is 8.34. The van der Waals surface area contributed by atoms with Crippen LogP contribution in [0.3, 0.4) is 0 Å². The third-order valence-corrected chi connectivity index (χ3v) is 5.05. The van der Waals surface area contributed by atoms with Crippen LogP contribution in [0.25, 0.3) is 11.3 Å². The topological polar surface area (TPSA) is 58.1 Å². The van der Waals surface area contributed by atoms with Gasteiger partial charge in [0.05, 0.1) is 11.3 Å². The lowest BCUT2D eigenvalue weighted by molar-refractivity contribution is 0.102. The Morgan fingerprint density at radius 3 is 2.58 bits per heavy atom. The normalized spacial score (nSPS) is 10.7. The number of aromatic nitrogens is 2. The minimum Gasteiger partial charge on any atom is -0.362 e. The summed E-state index contributed by atoms with van der Waals surface area (Å²) in [7, 11) is 3.73. The molecule has 0 radical (unpaired) electrons. The first-order valence-corrected chi connectivity index (χ1v) is 9.22. The van der Waals surface area contributed by atoms with Gasteiger partial charge in [-0.1, -0.05) is 6.07 Å². The largest absolute Gasteiger partial charge is 0.362 e. The van der Waals surface area contributed by atoms with E-state index in [-0.39, 0.29) is 5.91 Å². The van der Waals surface area contributed by atoms with Gasteiger partial charge in [0.1, 0.15) is 5.82 Å². The average molecular weight is 366 g/mol. The predicted octanol–water partition coefficient (Wildman–Crippen LogP) is 4.45. The van der Waals surface area contributed by atoms with Crippen LogP contribution in [-0.2, 0) is 0 Å². The standard InChI is InChI=1S/C20H22N4OS/c1-12-9-14(3)16(10-13(12)2)17-11-26-20(22-17)23-19(25)15-7-6-8-21-18(15)24(4)5/h6-11H,1-5H3,(H,22,23,25). The SMILES string of the molecule is Cc1cc(C)c(-c2csc(NC(=O)c3cccnc3N(C)C)n2)cc1C. The van der Waals surface area contributed by atoms with Crippen molar-refractivity contribution in [2.24, 2.45) is 0 Å². The predicted molar refractivity (Wildman–Crippen MR) is 108 cm³/mol. The number of hydrogen-bond acceptors (Lipinski definition) is 5. The number of anilines is 2. The van der Waals surface area contributed by atoms with Crippen LogP contribution < -0.4 is 10.2 Å². The molecule has 1 aromatic carbocycles. The van der Waals surface area contributed by atoms with Gasteiger partial charge in [0.15, 0.2) is 5.13 Å². The number of pyridine rings is 1. The van der Waals surface area contributed by atoms with Crippen LogP contribution >= 0.6 is 11.3 Å². The van der Waals surface area contributed by atoms with Gasteiger partial charge >= 0.3 is 0 Å². The Balaban J connectivity index is 1.86. The molecule has 2 heterocycles. The first kappa shape index (κ1) is 18.1.